The molecule has 23 heavy (non-hydrogen) atoms. The lowest BCUT2D eigenvalue weighted by molar-refractivity contribution is -0.123. The van der Waals surface area contributed by atoms with Crippen molar-refractivity contribution >= 4 is 29.2 Å². The molecule has 7 nitrogen and oxygen atoms in total. The third-order valence-electron chi connectivity index (χ3n) is 3.06. The topological polar surface area (TPSA) is 99.3 Å². The van der Waals surface area contributed by atoms with Crippen molar-refractivity contribution in [2.24, 2.45) is 5.41 Å². The molecule has 1 aromatic carbocycles. The monoisotopic (exact) mass is 320 g/mol. The summed E-state index contributed by atoms with van der Waals surface area (Å²) in [6, 6.07) is 5.86. The summed E-state index contributed by atoms with van der Waals surface area (Å²) in [5.74, 6) is -0.508. The first-order valence-corrected chi connectivity index (χ1v) is 7.34. The molecule has 0 radical (unpaired) electrons. The lowest BCUT2D eigenvalue weighted by Gasteiger charge is -2.18. The van der Waals surface area contributed by atoms with Crippen LogP contribution in [0.25, 0.3) is 0 Å². The molecular weight excluding hydrogens is 296 g/mol. The Morgan fingerprint density at radius 1 is 1.00 bits per heavy atom. The first-order valence-electron chi connectivity index (χ1n) is 7.34. The summed E-state index contributed by atoms with van der Waals surface area (Å²) in [7, 11) is 1.44. The van der Waals surface area contributed by atoms with Gasteiger partial charge in [-0.2, -0.15) is 0 Å². The number of carbonyl (C=O) groups excluding carboxylic acids is 3. The van der Waals surface area contributed by atoms with Crippen LogP contribution in [0.1, 0.15) is 27.7 Å². The van der Waals surface area contributed by atoms with Crippen molar-refractivity contribution in [3.05, 3.63) is 24.3 Å². The normalized spacial score (nSPS) is 12.0. The molecule has 7 heteroatoms. The van der Waals surface area contributed by atoms with Gasteiger partial charge in [0.05, 0.1) is 0 Å². The van der Waals surface area contributed by atoms with Gasteiger partial charge in [-0.1, -0.05) is 20.8 Å². The number of urea groups is 1. The predicted molar refractivity (Wildman–Crippen MR) is 90.2 cm³/mol. The molecule has 1 rings (SSSR count). The number of benzene rings is 1. The first-order chi connectivity index (χ1) is 10.6. The molecule has 0 aliphatic heterocycles. The smallest absolute Gasteiger partial charge is 0.321 e. The van der Waals surface area contributed by atoms with Crippen molar-refractivity contribution in [1.29, 1.82) is 0 Å². The number of amides is 4. The molecule has 1 atom stereocenters. The van der Waals surface area contributed by atoms with Crippen molar-refractivity contribution in [3.8, 4) is 0 Å². The van der Waals surface area contributed by atoms with Crippen LogP contribution >= 0.6 is 0 Å². The van der Waals surface area contributed by atoms with Gasteiger partial charge in [-0.3, -0.25) is 14.9 Å². The third kappa shape index (κ3) is 5.98. The zero-order chi connectivity index (χ0) is 17.6. The van der Waals surface area contributed by atoms with Crippen LogP contribution in [-0.4, -0.2) is 30.9 Å². The van der Waals surface area contributed by atoms with E-state index in [0.717, 1.165) is 0 Å². The lowest BCUT2D eigenvalue weighted by atomic mass is 9.95. The van der Waals surface area contributed by atoms with Crippen LogP contribution in [0.2, 0.25) is 0 Å². The molecule has 126 valence electrons. The Morgan fingerprint density at radius 2 is 1.52 bits per heavy atom. The van der Waals surface area contributed by atoms with Crippen molar-refractivity contribution in [2.45, 2.75) is 33.7 Å². The molecule has 1 aromatic rings. The van der Waals surface area contributed by atoms with Crippen LogP contribution < -0.4 is 21.3 Å². The number of hydrogen-bond acceptors (Lipinski definition) is 4. The maximum absolute atomic E-state index is 11.9. The largest absolute Gasteiger partial charge is 0.374 e. The fourth-order valence-electron chi connectivity index (χ4n) is 1.57. The summed E-state index contributed by atoms with van der Waals surface area (Å²) in [4.78, 5) is 34.7. The van der Waals surface area contributed by atoms with Gasteiger partial charge >= 0.3 is 6.03 Å². The SMILES string of the molecule is CNC(=O)NC(=O)[C@H](C)Nc1ccc(NC(=O)C(C)(C)C)cc1. The van der Waals surface area contributed by atoms with E-state index in [1.807, 2.05) is 20.8 Å². The number of nitrogens with one attached hydrogen (secondary N) is 4. The van der Waals surface area contributed by atoms with E-state index < -0.39 is 23.4 Å². The highest BCUT2D eigenvalue weighted by Gasteiger charge is 2.21. The fraction of sp³-hybridized carbons (Fsp3) is 0.438. The van der Waals surface area contributed by atoms with Crippen molar-refractivity contribution < 1.29 is 14.4 Å². The highest BCUT2D eigenvalue weighted by molar-refractivity contribution is 5.98. The van der Waals surface area contributed by atoms with Crippen molar-refractivity contribution in [3.63, 3.8) is 0 Å². The average Bonchev–Trinajstić information content (AvgIpc) is 2.47. The zero-order valence-electron chi connectivity index (χ0n) is 14.1. The standard InChI is InChI=1S/C16H24N4O3/c1-10(13(21)20-15(23)17-5)18-11-6-8-12(9-7-11)19-14(22)16(2,3)4/h6-10,18H,1-5H3,(H,19,22)(H2,17,20,21,23)/t10-/m0/s1. The molecule has 0 aromatic heterocycles. The minimum atomic E-state index is -0.581. The van der Waals surface area contributed by atoms with E-state index in [0.29, 0.717) is 11.4 Å². The average molecular weight is 320 g/mol. The van der Waals surface area contributed by atoms with E-state index in [9.17, 15) is 14.4 Å². The first kappa shape index (κ1) is 18.5. The second-order valence-electron chi connectivity index (χ2n) is 6.22. The van der Waals surface area contributed by atoms with Gasteiger partial charge in [0.25, 0.3) is 0 Å². The Hall–Kier alpha value is -2.57. The number of rotatable bonds is 4. The molecular formula is C16H24N4O3. The van der Waals surface area contributed by atoms with Gasteiger partial charge in [-0.15, -0.1) is 0 Å². The summed E-state index contributed by atoms with van der Waals surface area (Å²) in [5.41, 5.74) is 0.917. The molecule has 0 bridgehead atoms. The van der Waals surface area contributed by atoms with E-state index in [1.54, 1.807) is 31.2 Å². The zero-order valence-corrected chi connectivity index (χ0v) is 14.1. The van der Waals surface area contributed by atoms with Crippen LogP contribution in [-0.2, 0) is 9.59 Å². The molecule has 4 amide bonds. The summed E-state index contributed by atoms with van der Waals surface area (Å²) in [6.07, 6.45) is 0. The minimum absolute atomic E-state index is 0.0727. The Balaban J connectivity index is 2.62. The number of hydrogen-bond donors (Lipinski definition) is 4. The summed E-state index contributed by atoms with van der Waals surface area (Å²) < 4.78 is 0. The predicted octanol–water partition coefficient (Wildman–Crippen LogP) is 1.93. The third-order valence-corrected chi connectivity index (χ3v) is 3.06. The van der Waals surface area contributed by atoms with E-state index >= 15 is 0 Å². The Morgan fingerprint density at radius 3 is 2.00 bits per heavy atom. The van der Waals surface area contributed by atoms with Crippen molar-refractivity contribution in [2.75, 3.05) is 17.7 Å². The van der Waals surface area contributed by atoms with Gasteiger partial charge in [-0.05, 0) is 31.2 Å². The molecule has 4 N–H and O–H groups in total. The highest BCUT2D eigenvalue weighted by Crippen LogP contribution is 2.19. The van der Waals surface area contributed by atoms with Gasteiger partial charge in [0.15, 0.2) is 0 Å². The molecule has 0 fully saturated rings. The Kier molecular flexibility index (Phi) is 6.12. The summed E-state index contributed by atoms with van der Waals surface area (Å²) >= 11 is 0. The Labute approximate surface area is 136 Å². The van der Waals surface area contributed by atoms with Crippen molar-refractivity contribution in [1.82, 2.24) is 10.6 Å². The molecule has 0 unspecified atom stereocenters. The summed E-state index contributed by atoms with van der Waals surface area (Å²) in [6.45, 7) is 7.16. The maximum atomic E-state index is 11.9. The Bertz CT molecular complexity index is 576. The van der Waals surface area contributed by atoms with E-state index in [1.165, 1.54) is 7.05 Å². The second-order valence-corrected chi connectivity index (χ2v) is 6.22. The fourth-order valence-corrected chi connectivity index (χ4v) is 1.57. The van der Waals surface area contributed by atoms with Gasteiger partial charge < -0.3 is 16.0 Å². The van der Waals surface area contributed by atoms with Crippen LogP contribution in [0, 0.1) is 5.41 Å². The van der Waals surface area contributed by atoms with E-state index in [2.05, 4.69) is 21.3 Å². The summed E-state index contributed by atoms with van der Waals surface area (Å²) in [5, 5.41) is 10.3. The van der Waals surface area contributed by atoms with Gasteiger partial charge in [0.2, 0.25) is 11.8 Å². The molecule has 0 heterocycles. The number of carbonyl (C=O) groups is 3. The quantitative estimate of drug-likeness (QED) is 0.681. The molecule has 0 spiro atoms. The van der Waals surface area contributed by atoms with Gasteiger partial charge in [0.1, 0.15) is 6.04 Å². The van der Waals surface area contributed by atoms with Gasteiger partial charge in [-0.25, -0.2) is 4.79 Å². The number of imide groups is 1. The molecule has 0 aliphatic rings. The minimum Gasteiger partial charge on any atom is -0.374 e. The van der Waals surface area contributed by atoms with Crippen LogP contribution in [0.3, 0.4) is 0 Å². The van der Waals surface area contributed by atoms with E-state index in [4.69, 9.17) is 0 Å². The highest BCUT2D eigenvalue weighted by atomic mass is 16.2. The molecule has 0 aliphatic carbocycles. The molecule has 0 saturated carbocycles. The second kappa shape index (κ2) is 7.62. The van der Waals surface area contributed by atoms with Crippen LogP contribution in [0.4, 0.5) is 16.2 Å². The maximum Gasteiger partial charge on any atom is 0.321 e. The lowest BCUT2D eigenvalue weighted by Crippen LogP contribution is -2.44. The van der Waals surface area contributed by atoms with Crippen LogP contribution in [0.5, 0.6) is 0 Å². The van der Waals surface area contributed by atoms with E-state index in [-0.39, 0.29) is 5.91 Å². The van der Waals surface area contributed by atoms with Gasteiger partial charge in [0, 0.05) is 23.8 Å². The van der Waals surface area contributed by atoms with Crippen LogP contribution in [0.15, 0.2) is 24.3 Å². The molecule has 0 saturated heterocycles. The number of anilines is 2.